The Hall–Kier alpha value is -4.88. The molecule has 1 fully saturated rings. The number of aromatic amines is 1. The maximum atomic E-state index is 13.6. The van der Waals surface area contributed by atoms with Gasteiger partial charge in [-0.3, -0.25) is 19.2 Å². The number of imidazole rings is 1. The maximum Gasteiger partial charge on any atom is 0.361 e. The number of carbonyl (C=O) groups excluding carboxylic acids is 5. The molecule has 14 heteroatoms. The SMILES string of the molecule is COc1ncn(C)c1C(=O)OCC(=O)[C@H](C[C@@H]1CCNC1=O)NC(=O)[C@H](CC(C)C)NC(=O)c1cc2c(OC)cccc2[nH]1. The van der Waals surface area contributed by atoms with E-state index in [1.807, 2.05) is 13.8 Å². The monoisotopic (exact) mass is 610 g/mol. The lowest BCUT2D eigenvalue weighted by Gasteiger charge is -2.25. The molecule has 0 saturated carbocycles. The number of rotatable bonds is 14. The number of ether oxygens (including phenoxy) is 3. The number of nitrogens with zero attached hydrogens (tertiary/aromatic N) is 2. The van der Waals surface area contributed by atoms with Crippen molar-refractivity contribution in [2.24, 2.45) is 18.9 Å². The summed E-state index contributed by atoms with van der Waals surface area (Å²) in [5.74, 6) is -2.65. The van der Waals surface area contributed by atoms with Crippen LogP contribution in [0.5, 0.6) is 11.6 Å². The van der Waals surface area contributed by atoms with Gasteiger partial charge in [-0.05, 0) is 43.4 Å². The van der Waals surface area contributed by atoms with Crippen molar-refractivity contribution in [3.05, 3.63) is 42.0 Å². The van der Waals surface area contributed by atoms with Crippen LogP contribution in [-0.4, -0.2) is 83.5 Å². The molecule has 3 aromatic rings. The van der Waals surface area contributed by atoms with Crippen molar-refractivity contribution in [3.8, 4) is 11.6 Å². The zero-order valence-corrected chi connectivity index (χ0v) is 25.4. The fourth-order valence-corrected chi connectivity index (χ4v) is 5.16. The fourth-order valence-electron chi connectivity index (χ4n) is 5.16. The Bertz CT molecular complexity index is 1540. The van der Waals surface area contributed by atoms with Crippen molar-refractivity contribution >= 4 is 40.4 Å². The molecule has 0 spiro atoms. The van der Waals surface area contributed by atoms with Gasteiger partial charge in [-0.1, -0.05) is 19.9 Å². The number of esters is 1. The predicted molar refractivity (Wildman–Crippen MR) is 158 cm³/mol. The van der Waals surface area contributed by atoms with Gasteiger partial charge in [0.1, 0.15) is 17.5 Å². The quantitative estimate of drug-likeness (QED) is 0.197. The van der Waals surface area contributed by atoms with Crippen LogP contribution in [0.15, 0.2) is 30.6 Å². The summed E-state index contributed by atoms with van der Waals surface area (Å²) in [7, 11) is 4.46. The number of hydrogen-bond acceptors (Lipinski definition) is 9. The molecule has 4 N–H and O–H groups in total. The average Bonchev–Trinajstić information content (AvgIpc) is 3.72. The zero-order chi connectivity index (χ0) is 32.0. The predicted octanol–water partition coefficient (Wildman–Crippen LogP) is 1.50. The summed E-state index contributed by atoms with van der Waals surface area (Å²) in [6, 6.07) is 4.87. The van der Waals surface area contributed by atoms with Crippen molar-refractivity contribution in [1.29, 1.82) is 0 Å². The van der Waals surface area contributed by atoms with Crippen molar-refractivity contribution in [3.63, 3.8) is 0 Å². The lowest BCUT2D eigenvalue weighted by molar-refractivity contribution is -0.131. The highest BCUT2D eigenvalue weighted by molar-refractivity contribution is 6.02. The molecular weight excluding hydrogens is 572 g/mol. The molecule has 1 aliphatic heterocycles. The van der Waals surface area contributed by atoms with Crippen LogP contribution >= 0.6 is 0 Å². The van der Waals surface area contributed by atoms with Gasteiger partial charge in [0.25, 0.3) is 5.91 Å². The number of nitrogens with one attached hydrogen (secondary N) is 4. The van der Waals surface area contributed by atoms with Crippen LogP contribution in [0, 0.1) is 11.8 Å². The van der Waals surface area contributed by atoms with Crippen molar-refractivity contribution in [2.75, 3.05) is 27.4 Å². The van der Waals surface area contributed by atoms with Crippen molar-refractivity contribution in [2.45, 2.75) is 45.2 Å². The summed E-state index contributed by atoms with van der Waals surface area (Å²) < 4.78 is 17.1. The smallest absolute Gasteiger partial charge is 0.361 e. The topological polar surface area (TPSA) is 183 Å². The molecule has 0 aliphatic carbocycles. The van der Waals surface area contributed by atoms with Crippen LogP contribution in [0.2, 0.25) is 0 Å². The second kappa shape index (κ2) is 14.1. The Balaban J connectivity index is 1.49. The van der Waals surface area contributed by atoms with Crippen LogP contribution in [0.25, 0.3) is 10.9 Å². The van der Waals surface area contributed by atoms with Crippen molar-refractivity contribution < 1.29 is 38.2 Å². The molecule has 3 amide bonds. The van der Waals surface area contributed by atoms with Gasteiger partial charge in [0.05, 0.1) is 26.6 Å². The molecule has 0 bridgehead atoms. The minimum absolute atomic E-state index is 0.00709. The highest BCUT2D eigenvalue weighted by atomic mass is 16.5. The van der Waals surface area contributed by atoms with Crippen LogP contribution in [0.4, 0.5) is 0 Å². The van der Waals surface area contributed by atoms with Gasteiger partial charge in [0, 0.05) is 30.4 Å². The Morgan fingerprint density at radius 3 is 2.55 bits per heavy atom. The second-order valence-electron chi connectivity index (χ2n) is 11.1. The van der Waals surface area contributed by atoms with Gasteiger partial charge in [-0.2, -0.15) is 0 Å². The number of fused-ring (bicyclic) bond motifs is 1. The molecule has 1 aliphatic rings. The maximum absolute atomic E-state index is 13.6. The third-order valence-corrected chi connectivity index (χ3v) is 7.44. The van der Waals surface area contributed by atoms with Crippen LogP contribution in [0.3, 0.4) is 0 Å². The van der Waals surface area contributed by atoms with Crippen LogP contribution in [-0.2, 0) is 26.2 Å². The summed E-state index contributed by atoms with van der Waals surface area (Å²) in [6.07, 6.45) is 2.14. The third-order valence-electron chi connectivity index (χ3n) is 7.44. The Morgan fingerprint density at radius 2 is 1.89 bits per heavy atom. The standard InChI is InChI=1S/C30H38N6O8/c1-16(2)11-21(35-28(40)22-13-18-19(33-22)7-6-8-24(18)42-4)27(39)34-20(12-17-9-10-31-26(17)38)23(37)14-44-30(41)25-29(43-5)32-15-36(25)3/h6-8,13,15-17,20-21,33H,9-12,14H2,1-5H3,(H,31,38)(H,34,39)(H,35,40)/t17-,20-,21-/m0/s1. The molecule has 0 radical (unpaired) electrons. The number of Topliss-reactive ketones (excluding diaryl/α,β-unsaturated/α-hetero) is 1. The molecule has 44 heavy (non-hydrogen) atoms. The van der Waals surface area contributed by atoms with E-state index in [0.717, 1.165) is 0 Å². The van der Waals surface area contributed by atoms with E-state index in [9.17, 15) is 24.0 Å². The number of benzene rings is 1. The molecule has 236 valence electrons. The van der Waals surface area contributed by atoms with Gasteiger partial charge >= 0.3 is 5.97 Å². The third kappa shape index (κ3) is 7.36. The lowest BCUT2D eigenvalue weighted by atomic mass is 9.95. The highest BCUT2D eigenvalue weighted by Gasteiger charge is 2.34. The average molecular weight is 611 g/mol. The van der Waals surface area contributed by atoms with E-state index < -0.39 is 48.2 Å². The molecule has 1 aromatic carbocycles. The summed E-state index contributed by atoms with van der Waals surface area (Å²) in [5.41, 5.74) is 0.947. The van der Waals surface area contributed by atoms with Crippen LogP contribution in [0.1, 0.15) is 54.1 Å². The molecule has 1 saturated heterocycles. The first-order valence-corrected chi connectivity index (χ1v) is 14.3. The van der Waals surface area contributed by atoms with Crippen LogP contribution < -0.4 is 25.4 Å². The van der Waals surface area contributed by atoms with Crippen molar-refractivity contribution in [1.82, 2.24) is 30.5 Å². The van der Waals surface area contributed by atoms with E-state index in [1.54, 1.807) is 31.3 Å². The number of ketones is 1. The van der Waals surface area contributed by atoms with E-state index >= 15 is 0 Å². The Kier molecular flexibility index (Phi) is 10.2. The van der Waals surface area contributed by atoms with E-state index in [1.165, 1.54) is 25.1 Å². The molecule has 4 rings (SSSR count). The highest BCUT2D eigenvalue weighted by Crippen LogP contribution is 2.26. The lowest BCUT2D eigenvalue weighted by Crippen LogP contribution is -2.53. The number of H-pyrrole nitrogens is 1. The van der Waals surface area contributed by atoms with Gasteiger partial charge < -0.3 is 39.7 Å². The molecule has 2 aromatic heterocycles. The molecule has 3 heterocycles. The molecular formula is C30H38N6O8. The van der Waals surface area contributed by atoms with E-state index in [0.29, 0.717) is 29.6 Å². The minimum atomic E-state index is -1.15. The number of aromatic nitrogens is 3. The number of amides is 3. The van der Waals surface area contributed by atoms with Gasteiger partial charge in [0.15, 0.2) is 18.1 Å². The van der Waals surface area contributed by atoms with E-state index in [4.69, 9.17) is 14.2 Å². The summed E-state index contributed by atoms with van der Waals surface area (Å²) >= 11 is 0. The summed E-state index contributed by atoms with van der Waals surface area (Å²) in [5, 5.41) is 8.93. The number of hydrogen-bond donors (Lipinski definition) is 4. The van der Waals surface area contributed by atoms with Gasteiger partial charge in [0.2, 0.25) is 17.7 Å². The fraction of sp³-hybridized carbons (Fsp3) is 0.467. The summed E-state index contributed by atoms with van der Waals surface area (Å²) in [4.78, 5) is 72.3. The first-order chi connectivity index (χ1) is 21.0. The number of aryl methyl sites for hydroxylation is 1. The molecule has 0 unspecified atom stereocenters. The van der Waals surface area contributed by atoms with E-state index in [2.05, 4.69) is 25.9 Å². The number of carbonyl (C=O) groups is 5. The first kappa shape index (κ1) is 32.0. The molecule has 3 atom stereocenters. The van der Waals surface area contributed by atoms with Gasteiger partial charge in [-0.25, -0.2) is 9.78 Å². The largest absolute Gasteiger partial charge is 0.496 e. The number of methoxy groups -OCH3 is 2. The molecule has 14 nitrogen and oxygen atoms in total. The zero-order valence-electron chi connectivity index (χ0n) is 25.4. The summed E-state index contributed by atoms with van der Waals surface area (Å²) in [6.45, 7) is 3.59. The Morgan fingerprint density at radius 1 is 1.11 bits per heavy atom. The second-order valence-corrected chi connectivity index (χ2v) is 11.1. The van der Waals surface area contributed by atoms with E-state index in [-0.39, 0.29) is 41.9 Å². The first-order valence-electron chi connectivity index (χ1n) is 14.3. The van der Waals surface area contributed by atoms with Gasteiger partial charge in [-0.15, -0.1) is 0 Å². The minimum Gasteiger partial charge on any atom is -0.496 e. The Labute approximate surface area is 254 Å². The normalized spacial score (nSPS) is 15.9.